The lowest BCUT2D eigenvalue weighted by molar-refractivity contribution is 0.0935. The zero-order valence-corrected chi connectivity index (χ0v) is 14.7. The Hall–Kier alpha value is -3.34. The van der Waals surface area contributed by atoms with Gasteiger partial charge >= 0.3 is 0 Å². The molecule has 0 fully saturated rings. The molecule has 0 unspecified atom stereocenters. The molecule has 2 heterocycles. The number of carbonyl (C=O) groups is 1. The summed E-state index contributed by atoms with van der Waals surface area (Å²) in [5, 5.41) is 9.93. The van der Waals surface area contributed by atoms with Crippen LogP contribution in [0, 0.1) is 6.92 Å². The molecule has 0 radical (unpaired) electrons. The van der Waals surface area contributed by atoms with Crippen LogP contribution >= 0.6 is 0 Å². The largest absolute Gasteiger partial charge is 0.357 e. The Labute approximate surface area is 151 Å². The van der Waals surface area contributed by atoms with Crippen LogP contribution in [0.3, 0.4) is 0 Å². The second kappa shape index (κ2) is 6.52. The lowest BCUT2D eigenvalue weighted by Crippen LogP contribution is -2.27. The zero-order chi connectivity index (χ0) is 18.1. The molecule has 0 spiro atoms. The van der Waals surface area contributed by atoms with Crippen LogP contribution in [-0.2, 0) is 0 Å². The number of hydrogen-bond donors (Lipinski definition) is 2. The van der Waals surface area contributed by atoms with Crippen LogP contribution in [0.5, 0.6) is 0 Å². The molecule has 4 rings (SSSR count). The standard InChI is InChI=1S/C21H20N4O/c1-14(24-21(26)19-10-6-12-22-19)18-13-23-25(15(18)2)20-11-5-8-16-7-3-4-9-17(16)20/h3-14,22H,1-2H3,(H,24,26)/t14-/m0/s1. The highest BCUT2D eigenvalue weighted by Crippen LogP contribution is 2.25. The highest BCUT2D eigenvalue weighted by molar-refractivity contribution is 5.92. The second-order valence-electron chi connectivity index (χ2n) is 6.37. The maximum absolute atomic E-state index is 12.3. The molecule has 26 heavy (non-hydrogen) atoms. The first-order chi connectivity index (χ1) is 12.6. The molecular weight excluding hydrogens is 324 g/mol. The van der Waals surface area contributed by atoms with Crippen molar-refractivity contribution in [3.63, 3.8) is 0 Å². The molecule has 1 amide bonds. The van der Waals surface area contributed by atoms with Gasteiger partial charge in [-0.25, -0.2) is 4.68 Å². The predicted molar refractivity (Wildman–Crippen MR) is 102 cm³/mol. The van der Waals surface area contributed by atoms with E-state index in [9.17, 15) is 4.79 Å². The van der Waals surface area contributed by atoms with E-state index in [0.29, 0.717) is 5.69 Å². The summed E-state index contributed by atoms with van der Waals surface area (Å²) in [4.78, 5) is 15.2. The van der Waals surface area contributed by atoms with Crippen LogP contribution in [-0.4, -0.2) is 20.7 Å². The molecule has 1 atom stereocenters. The number of carbonyl (C=O) groups excluding carboxylic acids is 1. The molecule has 2 aromatic carbocycles. The number of hydrogen-bond acceptors (Lipinski definition) is 2. The Kier molecular flexibility index (Phi) is 4.05. The topological polar surface area (TPSA) is 62.7 Å². The summed E-state index contributed by atoms with van der Waals surface area (Å²) in [6.07, 6.45) is 3.57. The summed E-state index contributed by atoms with van der Waals surface area (Å²) in [5.74, 6) is -0.125. The number of nitrogens with one attached hydrogen (secondary N) is 2. The average Bonchev–Trinajstić information content (AvgIpc) is 3.31. The van der Waals surface area contributed by atoms with Crippen LogP contribution in [0.25, 0.3) is 16.5 Å². The molecule has 0 aliphatic rings. The Balaban J connectivity index is 1.67. The summed E-state index contributed by atoms with van der Waals surface area (Å²) in [5.41, 5.74) is 3.60. The van der Waals surface area contributed by atoms with Crippen molar-refractivity contribution >= 4 is 16.7 Å². The van der Waals surface area contributed by atoms with Gasteiger partial charge in [0.1, 0.15) is 5.69 Å². The molecule has 0 bridgehead atoms. The third-order valence-corrected chi connectivity index (χ3v) is 4.70. The number of H-pyrrole nitrogens is 1. The minimum absolute atomic E-state index is 0.125. The van der Waals surface area contributed by atoms with Gasteiger partial charge in [0.25, 0.3) is 5.91 Å². The zero-order valence-electron chi connectivity index (χ0n) is 14.7. The fourth-order valence-electron chi connectivity index (χ4n) is 3.31. The smallest absolute Gasteiger partial charge is 0.268 e. The summed E-state index contributed by atoms with van der Waals surface area (Å²) in [7, 11) is 0. The van der Waals surface area contributed by atoms with Gasteiger partial charge in [-0.3, -0.25) is 4.79 Å². The van der Waals surface area contributed by atoms with Gasteiger partial charge in [0, 0.05) is 22.8 Å². The van der Waals surface area contributed by atoms with Crippen LogP contribution in [0.1, 0.15) is 34.7 Å². The quantitative estimate of drug-likeness (QED) is 0.584. The normalized spacial score (nSPS) is 12.2. The first-order valence-corrected chi connectivity index (χ1v) is 8.62. The van der Waals surface area contributed by atoms with Crippen molar-refractivity contribution in [1.29, 1.82) is 0 Å². The van der Waals surface area contributed by atoms with Gasteiger partial charge in [0.05, 0.1) is 17.9 Å². The van der Waals surface area contributed by atoms with Gasteiger partial charge in [-0.2, -0.15) is 5.10 Å². The van der Waals surface area contributed by atoms with Gasteiger partial charge in [0.15, 0.2) is 0 Å². The van der Waals surface area contributed by atoms with Gasteiger partial charge in [-0.05, 0) is 37.4 Å². The van der Waals surface area contributed by atoms with Gasteiger partial charge < -0.3 is 10.3 Å². The fourth-order valence-corrected chi connectivity index (χ4v) is 3.31. The minimum Gasteiger partial charge on any atom is -0.357 e. The molecule has 0 saturated carbocycles. The van der Waals surface area contributed by atoms with Crippen molar-refractivity contribution in [1.82, 2.24) is 20.1 Å². The summed E-state index contributed by atoms with van der Waals surface area (Å²) >= 11 is 0. The van der Waals surface area contributed by atoms with Gasteiger partial charge in [-0.15, -0.1) is 0 Å². The molecule has 5 heteroatoms. The maximum atomic E-state index is 12.3. The van der Waals surface area contributed by atoms with Crippen molar-refractivity contribution in [3.8, 4) is 5.69 Å². The van der Waals surface area contributed by atoms with E-state index in [1.54, 1.807) is 12.3 Å². The minimum atomic E-state index is -0.144. The Morgan fingerprint density at radius 2 is 1.92 bits per heavy atom. The number of benzene rings is 2. The first kappa shape index (κ1) is 16.1. The SMILES string of the molecule is Cc1c([C@H](C)NC(=O)c2ccc[nH]2)cnn1-c1cccc2ccccc12. The molecular formula is C21H20N4O. The van der Waals surface area contributed by atoms with Crippen LogP contribution < -0.4 is 5.32 Å². The van der Waals surface area contributed by atoms with Crippen molar-refractivity contribution in [2.75, 3.05) is 0 Å². The Bertz CT molecular complexity index is 1060. The summed E-state index contributed by atoms with van der Waals surface area (Å²) in [6, 6.07) is 17.9. The van der Waals surface area contributed by atoms with Crippen molar-refractivity contribution < 1.29 is 4.79 Å². The van der Waals surface area contributed by atoms with E-state index in [-0.39, 0.29) is 11.9 Å². The van der Waals surface area contributed by atoms with Crippen molar-refractivity contribution in [2.45, 2.75) is 19.9 Å². The van der Waals surface area contributed by atoms with E-state index in [0.717, 1.165) is 22.3 Å². The molecule has 2 N–H and O–H groups in total. The number of nitrogens with zero attached hydrogens (tertiary/aromatic N) is 2. The Morgan fingerprint density at radius 1 is 1.12 bits per heavy atom. The molecule has 5 nitrogen and oxygen atoms in total. The molecule has 0 aliphatic carbocycles. The lowest BCUT2D eigenvalue weighted by Gasteiger charge is -2.14. The number of rotatable bonds is 4. The third kappa shape index (κ3) is 2.77. The van der Waals surface area contributed by atoms with Crippen molar-refractivity contribution in [2.24, 2.45) is 0 Å². The third-order valence-electron chi connectivity index (χ3n) is 4.70. The number of amides is 1. The predicted octanol–water partition coefficient (Wildman–Crippen LogP) is 4.15. The Morgan fingerprint density at radius 3 is 2.73 bits per heavy atom. The van der Waals surface area contributed by atoms with E-state index >= 15 is 0 Å². The van der Waals surface area contributed by atoms with Crippen LogP contribution in [0.15, 0.2) is 67.0 Å². The molecule has 130 valence electrons. The molecule has 0 saturated heterocycles. The molecule has 2 aromatic heterocycles. The van der Waals surface area contributed by atoms with E-state index in [1.165, 1.54) is 5.39 Å². The van der Waals surface area contributed by atoms with Gasteiger partial charge in [0.2, 0.25) is 0 Å². The lowest BCUT2D eigenvalue weighted by atomic mass is 10.1. The van der Waals surface area contributed by atoms with E-state index in [4.69, 9.17) is 0 Å². The second-order valence-corrected chi connectivity index (χ2v) is 6.37. The van der Waals surface area contributed by atoms with Crippen molar-refractivity contribution in [3.05, 3.63) is 83.9 Å². The number of aromatic nitrogens is 3. The summed E-state index contributed by atoms with van der Waals surface area (Å²) < 4.78 is 1.94. The van der Waals surface area contributed by atoms with E-state index in [1.807, 2.05) is 49.0 Å². The van der Waals surface area contributed by atoms with E-state index in [2.05, 4.69) is 39.7 Å². The fraction of sp³-hybridized carbons (Fsp3) is 0.143. The van der Waals surface area contributed by atoms with Crippen LogP contribution in [0.2, 0.25) is 0 Å². The maximum Gasteiger partial charge on any atom is 0.268 e. The highest BCUT2D eigenvalue weighted by atomic mass is 16.1. The number of fused-ring (bicyclic) bond motifs is 1. The van der Waals surface area contributed by atoms with E-state index < -0.39 is 0 Å². The average molecular weight is 344 g/mol. The first-order valence-electron chi connectivity index (χ1n) is 8.62. The molecule has 4 aromatic rings. The van der Waals surface area contributed by atoms with Gasteiger partial charge in [-0.1, -0.05) is 36.4 Å². The van der Waals surface area contributed by atoms with Crippen LogP contribution in [0.4, 0.5) is 0 Å². The highest BCUT2D eigenvalue weighted by Gasteiger charge is 2.18. The summed E-state index contributed by atoms with van der Waals surface area (Å²) in [6.45, 7) is 4.00. The number of aromatic amines is 1. The molecule has 0 aliphatic heterocycles. The monoisotopic (exact) mass is 344 g/mol.